The maximum Gasteiger partial charge on any atom is 0.224 e. The summed E-state index contributed by atoms with van der Waals surface area (Å²) in [7, 11) is 1.87. The average molecular weight is 285 g/mol. The number of ether oxygens (including phenoxy) is 1. The molecule has 21 heavy (non-hydrogen) atoms. The Hall–Kier alpha value is -2.40. The van der Waals surface area contributed by atoms with Crippen LogP contribution in [0.5, 0.6) is 11.5 Å². The summed E-state index contributed by atoms with van der Waals surface area (Å²) in [6.45, 7) is 0.832. The summed E-state index contributed by atoms with van der Waals surface area (Å²) in [5.74, 6) is 1.39. The van der Waals surface area contributed by atoms with Crippen LogP contribution in [0.15, 0.2) is 48.8 Å². The maximum atomic E-state index is 11.8. The number of pyridine rings is 1. The van der Waals surface area contributed by atoms with Crippen molar-refractivity contribution in [3.05, 3.63) is 48.8 Å². The molecule has 0 aliphatic rings. The van der Waals surface area contributed by atoms with Gasteiger partial charge >= 0.3 is 0 Å². The molecule has 2 aromatic rings. The van der Waals surface area contributed by atoms with E-state index in [1.165, 1.54) is 0 Å². The van der Waals surface area contributed by atoms with Crippen molar-refractivity contribution < 1.29 is 9.53 Å². The van der Waals surface area contributed by atoms with Gasteiger partial charge in [-0.15, -0.1) is 0 Å². The molecule has 0 saturated carbocycles. The number of hydrogen-bond donors (Lipinski definition) is 2. The first-order valence-corrected chi connectivity index (χ1v) is 6.90. The molecule has 1 heterocycles. The van der Waals surface area contributed by atoms with Crippen LogP contribution in [0, 0.1) is 0 Å². The van der Waals surface area contributed by atoms with Gasteiger partial charge in [0.05, 0.1) is 0 Å². The second kappa shape index (κ2) is 8.01. The number of benzene rings is 1. The van der Waals surface area contributed by atoms with E-state index in [1.54, 1.807) is 30.6 Å². The normalized spacial score (nSPS) is 10.1. The van der Waals surface area contributed by atoms with Crippen molar-refractivity contribution in [2.45, 2.75) is 12.8 Å². The second-order valence-corrected chi connectivity index (χ2v) is 4.57. The lowest BCUT2D eigenvalue weighted by atomic mass is 10.2. The number of rotatable bonds is 7. The standard InChI is InChI=1S/C16H19N3O2/c1-17-9-3-6-16(20)19-13-4-2-5-15(12-13)21-14-7-10-18-11-8-14/h2,4-5,7-8,10-12,17H,3,6,9H2,1H3,(H,19,20). The van der Waals surface area contributed by atoms with E-state index < -0.39 is 0 Å². The van der Waals surface area contributed by atoms with Crippen molar-refractivity contribution >= 4 is 11.6 Å². The Kier molecular flexibility index (Phi) is 5.72. The zero-order valence-electron chi connectivity index (χ0n) is 12.0. The zero-order chi connectivity index (χ0) is 14.9. The Morgan fingerprint density at radius 2 is 2.00 bits per heavy atom. The van der Waals surface area contributed by atoms with Gasteiger partial charge in [-0.1, -0.05) is 6.07 Å². The van der Waals surface area contributed by atoms with E-state index >= 15 is 0 Å². The van der Waals surface area contributed by atoms with Gasteiger partial charge in [0.2, 0.25) is 5.91 Å². The predicted octanol–water partition coefficient (Wildman–Crippen LogP) is 2.81. The molecule has 110 valence electrons. The van der Waals surface area contributed by atoms with E-state index in [0.717, 1.165) is 18.7 Å². The van der Waals surface area contributed by atoms with Crippen molar-refractivity contribution in [3.63, 3.8) is 0 Å². The SMILES string of the molecule is CNCCCC(=O)Nc1cccc(Oc2ccncc2)c1. The lowest BCUT2D eigenvalue weighted by Gasteiger charge is -2.09. The lowest BCUT2D eigenvalue weighted by molar-refractivity contribution is -0.116. The summed E-state index contributed by atoms with van der Waals surface area (Å²) < 4.78 is 5.70. The van der Waals surface area contributed by atoms with Crippen LogP contribution in [0.2, 0.25) is 0 Å². The van der Waals surface area contributed by atoms with Gasteiger partial charge in [0.15, 0.2) is 0 Å². The molecule has 2 rings (SSSR count). The van der Waals surface area contributed by atoms with E-state index in [2.05, 4.69) is 15.6 Å². The molecular weight excluding hydrogens is 266 g/mol. The number of nitrogens with one attached hydrogen (secondary N) is 2. The first-order chi connectivity index (χ1) is 10.3. The monoisotopic (exact) mass is 285 g/mol. The maximum absolute atomic E-state index is 11.8. The number of anilines is 1. The minimum absolute atomic E-state index is 0.00584. The minimum atomic E-state index is 0.00584. The first-order valence-electron chi connectivity index (χ1n) is 6.90. The minimum Gasteiger partial charge on any atom is -0.457 e. The van der Waals surface area contributed by atoms with Crippen LogP contribution in [-0.2, 0) is 4.79 Å². The molecule has 0 saturated heterocycles. The molecule has 0 bridgehead atoms. The highest BCUT2D eigenvalue weighted by Gasteiger charge is 2.03. The topological polar surface area (TPSA) is 63.2 Å². The molecule has 0 atom stereocenters. The van der Waals surface area contributed by atoms with Crippen LogP contribution in [0.4, 0.5) is 5.69 Å². The Balaban J connectivity index is 1.93. The highest BCUT2D eigenvalue weighted by atomic mass is 16.5. The molecule has 0 unspecified atom stereocenters. The van der Waals surface area contributed by atoms with Crippen molar-refractivity contribution in [2.24, 2.45) is 0 Å². The highest BCUT2D eigenvalue weighted by molar-refractivity contribution is 5.90. The van der Waals surface area contributed by atoms with Gasteiger partial charge in [0.25, 0.3) is 0 Å². The summed E-state index contributed by atoms with van der Waals surface area (Å²) in [4.78, 5) is 15.7. The molecule has 1 amide bonds. The molecule has 0 aliphatic carbocycles. The van der Waals surface area contributed by atoms with Crippen LogP contribution >= 0.6 is 0 Å². The third-order valence-electron chi connectivity index (χ3n) is 2.83. The number of amides is 1. The quantitative estimate of drug-likeness (QED) is 0.768. The Labute approximate surface area is 124 Å². The van der Waals surface area contributed by atoms with Crippen LogP contribution < -0.4 is 15.4 Å². The molecule has 2 N–H and O–H groups in total. The number of carbonyl (C=O) groups is 1. The van der Waals surface area contributed by atoms with Crippen LogP contribution in [0.25, 0.3) is 0 Å². The summed E-state index contributed by atoms with van der Waals surface area (Å²) in [5.41, 5.74) is 0.732. The highest BCUT2D eigenvalue weighted by Crippen LogP contribution is 2.23. The molecule has 5 nitrogen and oxygen atoms in total. The Bertz CT molecular complexity index is 573. The Morgan fingerprint density at radius 3 is 2.76 bits per heavy atom. The third kappa shape index (κ3) is 5.24. The van der Waals surface area contributed by atoms with Gasteiger partial charge in [0.1, 0.15) is 11.5 Å². The molecular formula is C16H19N3O2. The number of hydrogen-bond acceptors (Lipinski definition) is 4. The van der Waals surface area contributed by atoms with Crippen molar-refractivity contribution in [1.29, 1.82) is 0 Å². The van der Waals surface area contributed by atoms with Gasteiger partial charge in [-0.2, -0.15) is 0 Å². The smallest absolute Gasteiger partial charge is 0.224 e. The Morgan fingerprint density at radius 1 is 1.19 bits per heavy atom. The van der Waals surface area contributed by atoms with Crippen LogP contribution in [0.3, 0.4) is 0 Å². The predicted molar refractivity (Wildman–Crippen MR) is 82.5 cm³/mol. The van der Waals surface area contributed by atoms with Crippen LogP contribution in [0.1, 0.15) is 12.8 Å². The van der Waals surface area contributed by atoms with Crippen molar-refractivity contribution in [1.82, 2.24) is 10.3 Å². The lowest BCUT2D eigenvalue weighted by Crippen LogP contribution is -2.15. The molecule has 0 spiro atoms. The van der Waals surface area contributed by atoms with Gasteiger partial charge < -0.3 is 15.4 Å². The second-order valence-electron chi connectivity index (χ2n) is 4.57. The fraction of sp³-hybridized carbons (Fsp3) is 0.250. The van der Waals surface area contributed by atoms with E-state index in [1.807, 2.05) is 25.2 Å². The molecule has 0 radical (unpaired) electrons. The van der Waals surface area contributed by atoms with Crippen molar-refractivity contribution in [2.75, 3.05) is 18.9 Å². The zero-order valence-corrected chi connectivity index (χ0v) is 12.0. The largest absolute Gasteiger partial charge is 0.457 e. The van der Waals surface area contributed by atoms with E-state index in [0.29, 0.717) is 17.9 Å². The van der Waals surface area contributed by atoms with Crippen LogP contribution in [-0.4, -0.2) is 24.5 Å². The fourth-order valence-electron chi connectivity index (χ4n) is 1.83. The fourth-order valence-corrected chi connectivity index (χ4v) is 1.83. The van der Waals surface area contributed by atoms with E-state index in [9.17, 15) is 4.79 Å². The van der Waals surface area contributed by atoms with Gasteiger partial charge in [-0.25, -0.2) is 0 Å². The number of nitrogens with zero attached hydrogens (tertiary/aromatic N) is 1. The number of carbonyl (C=O) groups excluding carboxylic acids is 1. The average Bonchev–Trinajstić information content (AvgIpc) is 2.49. The molecule has 1 aromatic heterocycles. The molecule has 1 aromatic carbocycles. The number of aromatic nitrogens is 1. The van der Waals surface area contributed by atoms with Crippen molar-refractivity contribution in [3.8, 4) is 11.5 Å². The van der Waals surface area contributed by atoms with E-state index in [4.69, 9.17) is 4.74 Å². The first kappa shape index (κ1) is 15.0. The third-order valence-corrected chi connectivity index (χ3v) is 2.83. The molecule has 0 fully saturated rings. The van der Waals surface area contributed by atoms with E-state index in [-0.39, 0.29) is 5.91 Å². The summed E-state index contributed by atoms with van der Waals surface area (Å²) in [5, 5.41) is 5.89. The summed E-state index contributed by atoms with van der Waals surface area (Å²) >= 11 is 0. The van der Waals surface area contributed by atoms with Gasteiger partial charge in [0, 0.05) is 30.6 Å². The molecule has 5 heteroatoms. The van der Waals surface area contributed by atoms with Gasteiger partial charge in [-0.3, -0.25) is 9.78 Å². The summed E-state index contributed by atoms with van der Waals surface area (Å²) in [6.07, 6.45) is 4.65. The van der Waals surface area contributed by atoms with Gasteiger partial charge in [-0.05, 0) is 44.3 Å². The molecule has 0 aliphatic heterocycles. The summed E-state index contributed by atoms with van der Waals surface area (Å²) in [6, 6.07) is 10.9.